The Kier molecular flexibility index (Phi) is 4.27. The number of nitrogens with zero attached hydrogens (tertiary/aromatic N) is 2. The molecule has 5 rings (SSSR count). The van der Waals surface area contributed by atoms with E-state index in [0.29, 0.717) is 23.8 Å². The predicted octanol–water partition coefficient (Wildman–Crippen LogP) is 3.75. The molecular formula is C24H29N3O. The summed E-state index contributed by atoms with van der Waals surface area (Å²) in [6.45, 7) is 4.40. The molecule has 28 heavy (non-hydrogen) atoms. The maximum absolute atomic E-state index is 13.7. The smallest absolute Gasteiger partial charge is 0.273 e. The van der Waals surface area contributed by atoms with Gasteiger partial charge in [0.05, 0.1) is 0 Å². The summed E-state index contributed by atoms with van der Waals surface area (Å²) in [5.74, 6) is 0.124. The molecular weight excluding hydrogens is 346 g/mol. The Balaban J connectivity index is 1.52. The van der Waals surface area contributed by atoms with Crippen LogP contribution < -0.4 is 5.32 Å². The van der Waals surface area contributed by atoms with Crippen LogP contribution >= 0.6 is 0 Å². The maximum Gasteiger partial charge on any atom is 0.273 e. The largest absolute Gasteiger partial charge is 0.329 e. The molecule has 3 fully saturated rings. The number of rotatable bonds is 3. The third kappa shape index (κ3) is 2.69. The second kappa shape index (κ2) is 6.70. The summed E-state index contributed by atoms with van der Waals surface area (Å²) in [7, 11) is 0. The lowest BCUT2D eigenvalue weighted by Crippen LogP contribution is -2.58. The molecule has 2 aliphatic heterocycles. The monoisotopic (exact) mass is 375 g/mol. The first-order chi connectivity index (χ1) is 13.6. The van der Waals surface area contributed by atoms with Gasteiger partial charge in [0.1, 0.15) is 5.69 Å². The summed E-state index contributed by atoms with van der Waals surface area (Å²) >= 11 is 0. The molecule has 0 unspecified atom stereocenters. The van der Waals surface area contributed by atoms with E-state index in [9.17, 15) is 4.79 Å². The average molecular weight is 376 g/mol. The highest BCUT2D eigenvalue weighted by Gasteiger charge is 2.61. The van der Waals surface area contributed by atoms with E-state index >= 15 is 0 Å². The van der Waals surface area contributed by atoms with E-state index < -0.39 is 0 Å². The zero-order chi connectivity index (χ0) is 19.3. The molecule has 4 nitrogen and oxygen atoms in total. The van der Waals surface area contributed by atoms with Crippen LogP contribution in [0.15, 0.2) is 48.7 Å². The second-order valence-electron chi connectivity index (χ2n) is 9.12. The number of amides is 1. The minimum Gasteiger partial charge on any atom is -0.329 e. The van der Waals surface area contributed by atoms with Crippen molar-refractivity contribution >= 4 is 5.91 Å². The number of aryl methyl sites for hydroxylation is 1. The van der Waals surface area contributed by atoms with E-state index in [0.717, 1.165) is 24.8 Å². The van der Waals surface area contributed by atoms with E-state index in [1.807, 2.05) is 19.1 Å². The molecule has 1 aromatic heterocycles. The fourth-order valence-corrected chi connectivity index (χ4v) is 6.09. The molecule has 1 saturated carbocycles. The zero-order valence-electron chi connectivity index (χ0n) is 16.8. The Morgan fingerprint density at radius 3 is 2.82 bits per heavy atom. The van der Waals surface area contributed by atoms with Gasteiger partial charge in [-0.2, -0.15) is 0 Å². The standard InChI is InChI=1S/C24H29N3O/c1-16-8-7-13-25-22(16)23(28)27-19-15-24(2)20(11-6-12-21(24)27)26-18(19)14-17-9-4-3-5-10-17/h3-5,7-10,13,18-21,26H,6,11-12,14-15H2,1-2H3/t18-,19+,20-,21+,24-/m1/s1. The van der Waals surface area contributed by atoms with E-state index in [2.05, 4.69) is 52.5 Å². The van der Waals surface area contributed by atoms with Crippen LogP contribution in [0.4, 0.5) is 0 Å². The van der Waals surface area contributed by atoms with Crippen LogP contribution in [-0.2, 0) is 6.42 Å². The van der Waals surface area contributed by atoms with Gasteiger partial charge in [0.25, 0.3) is 5.91 Å². The van der Waals surface area contributed by atoms with E-state index in [1.165, 1.54) is 18.4 Å². The molecule has 146 valence electrons. The van der Waals surface area contributed by atoms with Crippen molar-refractivity contribution in [2.75, 3.05) is 0 Å². The molecule has 1 aromatic carbocycles. The van der Waals surface area contributed by atoms with Crippen LogP contribution in [0.25, 0.3) is 0 Å². The number of piperidine rings is 1. The summed E-state index contributed by atoms with van der Waals surface area (Å²) in [4.78, 5) is 20.4. The van der Waals surface area contributed by atoms with Gasteiger partial charge in [-0.3, -0.25) is 9.78 Å². The number of aromatic nitrogens is 1. The highest BCUT2D eigenvalue weighted by Crippen LogP contribution is 2.53. The molecule has 2 aromatic rings. The molecule has 3 aliphatic rings. The van der Waals surface area contributed by atoms with Crippen LogP contribution in [0, 0.1) is 12.3 Å². The summed E-state index contributed by atoms with van der Waals surface area (Å²) < 4.78 is 0. The van der Waals surface area contributed by atoms with Gasteiger partial charge < -0.3 is 10.2 Å². The highest BCUT2D eigenvalue weighted by molar-refractivity contribution is 5.94. The van der Waals surface area contributed by atoms with Crippen molar-refractivity contribution in [1.29, 1.82) is 0 Å². The number of benzene rings is 1. The number of fused-ring (bicyclic) bond motifs is 1. The number of likely N-dealkylation sites (tertiary alicyclic amines) is 1. The second-order valence-corrected chi connectivity index (χ2v) is 9.12. The first-order valence-electron chi connectivity index (χ1n) is 10.6. The molecule has 1 aliphatic carbocycles. The number of hydrogen-bond donors (Lipinski definition) is 1. The van der Waals surface area contributed by atoms with E-state index in [4.69, 9.17) is 0 Å². The van der Waals surface area contributed by atoms with Crippen LogP contribution in [0.2, 0.25) is 0 Å². The first kappa shape index (κ1) is 17.9. The lowest BCUT2D eigenvalue weighted by atomic mass is 9.65. The molecule has 0 spiro atoms. The minimum absolute atomic E-state index is 0.124. The van der Waals surface area contributed by atoms with Crippen molar-refractivity contribution in [2.24, 2.45) is 5.41 Å². The fraction of sp³-hybridized carbons (Fsp3) is 0.500. The SMILES string of the molecule is Cc1cccnc1C(=O)N1[C@H]2CCC[C@H]3N[C@H](Cc4ccccc4)[C@@H]1C[C@@]23C. The molecule has 1 N–H and O–H groups in total. The van der Waals surface area contributed by atoms with Gasteiger partial charge in [-0.1, -0.05) is 43.3 Å². The summed E-state index contributed by atoms with van der Waals surface area (Å²) in [6.07, 6.45) is 7.33. The molecule has 2 saturated heterocycles. The summed E-state index contributed by atoms with van der Waals surface area (Å²) in [5.41, 5.74) is 3.11. The van der Waals surface area contributed by atoms with Crippen LogP contribution in [0.1, 0.15) is 54.2 Å². The molecule has 1 amide bonds. The van der Waals surface area contributed by atoms with Crippen molar-refractivity contribution in [3.63, 3.8) is 0 Å². The highest BCUT2D eigenvalue weighted by atomic mass is 16.2. The zero-order valence-corrected chi connectivity index (χ0v) is 16.8. The quantitative estimate of drug-likeness (QED) is 0.889. The topological polar surface area (TPSA) is 45.2 Å². The number of nitrogens with one attached hydrogen (secondary N) is 1. The van der Waals surface area contributed by atoms with Crippen molar-refractivity contribution in [3.8, 4) is 0 Å². The molecule has 5 atom stereocenters. The molecule has 0 radical (unpaired) electrons. The Hall–Kier alpha value is -2.20. The minimum atomic E-state index is 0.124. The Morgan fingerprint density at radius 1 is 1.21 bits per heavy atom. The van der Waals surface area contributed by atoms with Crippen LogP contribution in [0.3, 0.4) is 0 Å². The van der Waals surface area contributed by atoms with E-state index in [-0.39, 0.29) is 17.4 Å². The van der Waals surface area contributed by atoms with Crippen molar-refractivity contribution in [1.82, 2.24) is 15.2 Å². The van der Waals surface area contributed by atoms with Gasteiger partial charge in [0.15, 0.2) is 0 Å². The third-order valence-electron chi connectivity index (χ3n) is 7.49. The third-order valence-corrected chi connectivity index (χ3v) is 7.49. The fourth-order valence-electron chi connectivity index (χ4n) is 6.09. The van der Waals surface area contributed by atoms with Crippen LogP contribution in [-0.4, -0.2) is 40.0 Å². The first-order valence-corrected chi connectivity index (χ1v) is 10.6. The summed E-state index contributed by atoms with van der Waals surface area (Å²) in [6, 6.07) is 15.9. The lowest BCUT2D eigenvalue weighted by Gasteiger charge is -2.46. The Morgan fingerprint density at radius 2 is 2.04 bits per heavy atom. The van der Waals surface area contributed by atoms with Gasteiger partial charge in [0.2, 0.25) is 0 Å². The maximum atomic E-state index is 13.7. The number of carbonyl (C=O) groups excluding carboxylic acids is 1. The lowest BCUT2D eigenvalue weighted by molar-refractivity contribution is 0.0552. The average Bonchev–Trinajstić information content (AvgIpc) is 3.01. The Labute approximate surface area is 167 Å². The van der Waals surface area contributed by atoms with Crippen molar-refractivity contribution < 1.29 is 4.79 Å². The molecule has 4 heteroatoms. The summed E-state index contributed by atoms with van der Waals surface area (Å²) in [5, 5.41) is 3.97. The normalized spacial score (nSPS) is 33.7. The number of carbonyl (C=O) groups is 1. The predicted molar refractivity (Wildman–Crippen MR) is 110 cm³/mol. The van der Waals surface area contributed by atoms with Crippen molar-refractivity contribution in [3.05, 3.63) is 65.5 Å². The van der Waals surface area contributed by atoms with Gasteiger partial charge in [-0.05, 0) is 56.2 Å². The number of hydrogen-bond acceptors (Lipinski definition) is 3. The van der Waals surface area contributed by atoms with Gasteiger partial charge >= 0.3 is 0 Å². The van der Waals surface area contributed by atoms with Gasteiger partial charge in [-0.25, -0.2) is 0 Å². The van der Waals surface area contributed by atoms with Gasteiger partial charge in [-0.15, -0.1) is 0 Å². The number of pyridine rings is 1. The van der Waals surface area contributed by atoms with Crippen molar-refractivity contribution in [2.45, 2.75) is 70.1 Å². The molecule has 3 heterocycles. The molecule has 2 bridgehead atoms. The Bertz CT molecular complexity index is 882. The van der Waals surface area contributed by atoms with Gasteiger partial charge in [0, 0.05) is 35.8 Å². The van der Waals surface area contributed by atoms with Crippen LogP contribution in [0.5, 0.6) is 0 Å². The van der Waals surface area contributed by atoms with E-state index in [1.54, 1.807) is 6.20 Å².